The summed E-state index contributed by atoms with van der Waals surface area (Å²) in [6.45, 7) is 0.621. The molecule has 152 valence electrons. The van der Waals surface area contributed by atoms with E-state index in [0.29, 0.717) is 6.54 Å². The van der Waals surface area contributed by atoms with Crippen molar-refractivity contribution in [1.82, 2.24) is 4.57 Å². The van der Waals surface area contributed by atoms with Crippen LogP contribution < -0.4 is 4.90 Å². The van der Waals surface area contributed by atoms with Crippen LogP contribution in [-0.4, -0.2) is 23.6 Å². The molecule has 0 unspecified atom stereocenters. The molecular formula is C24H28N2O3. The number of fused-ring (bicyclic) bond motifs is 5. The van der Waals surface area contributed by atoms with E-state index in [4.69, 9.17) is 4.74 Å². The van der Waals surface area contributed by atoms with Gasteiger partial charge in [0.05, 0.1) is 19.1 Å². The van der Waals surface area contributed by atoms with E-state index in [1.165, 1.54) is 23.9 Å². The van der Waals surface area contributed by atoms with Gasteiger partial charge in [-0.05, 0) is 61.8 Å². The van der Waals surface area contributed by atoms with Gasteiger partial charge in [-0.25, -0.2) is 0 Å². The van der Waals surface area contributed by atoms with Crippen LogP contribution in [0.3, 0.4) is 0 Å². The Balaban J connectivity index is 1.49. The molecular weight excluding hydrogens is 364 g/mol. The number of aromatic nitrogens is 1. The summed E-state index contributed by atoms with van der Waals surface area (Å²) >= 11 is 0. The maximum atomic E-state index is 14.0. The van der Waals surface area contributed by atoms with Crippen molar-refractivity contribution in [3.05, 3.63) is 53.3 Å². The number of methoxy groups -OCH3 is 1. The first-order chi connectivity index (χ1) is 14.0. The van der Waals surface area contributed by atoms with Gasteiger partial charge in [0.15, 0.2) is 0 Å². The summed E-state index contributed by atoms with van der Waals surface area (Å²) in [4.78, 5) is 28.4. The lowest BCUT2D eigenvalue weighted by Crippen LogP contribution is -2.53. The average molecular weight is 392 g/mol. The fourth-order valence-electron chi connectivity index (χ4n) is 5.85. The predicted octanol–water partition coefficient (Wildman–Crippen LogP) is 3.98. The van der Waals surface area contributed by atoms with E-state index in [0.717, 1.165) is 50.6 Å². The second-order valence-electron chi connectivity index (χ2n) is 9.15. The molecule has 2 bridgehead atoms. The highest BCUT2D eigenvalue weighted by atomic mass is 16.5. The summed E-state index contributed by atoms with van der Waals surface area (Å²) in [7, 11) is 3.55. The summed E-state index contributed by atoms with van der Waals surface area (Å²) in [5, 5.41) is 0. The number of anilines is 1. The number of hydrogen-bond acceptors (Lipinski definition) is 3. The van der Waals surface area contributed by atoms with Gasteiger partial charge in [0.1, 0.15) is 0 Å². The third-order valence-corrected chi connectivity index (χ3v) is 7.83. The zero-order valence-corrected chi connectivity index (χ0v) is 17.2. The van der Waals surface area contributed by atoms with E-state index in [1.807, 2.05) is 11.0 Å². The van der Waals surface area contributed by atoms with Crippen LogP contribution in [0.5, 0.6) is 0 Å². The molecule has 3 saturated carbocycles. The van der Waals surface area contributed by atoms with E-state index in [1.54, 1.807) is 0 Å². The van der Waals surface area contributed by atoms with Gasteiger partial charge in [-0.2, -0.15) is 0 Å². The van der Waals surface area contributed by atoms with Crippen LogP contribution in [0, 0.1) is 10.8 Å². The van der Waals surface area contributed by atoms with Crippen molar-refractivity contribution >= 4 is 17.6 Å². The van der Waals surface area contributed by atoms with Gasteiger partial charge >= 0.3 is 5.97 Å². The monoisotopic (exact) mass is 392 g/mol. The van der Waals surface area contributed by atoms with E-state index < -0.39 is 0 Å². The summed E-state index contributed by atoms with van der Waals surface area (Å²) in [5.41, 5.74) is 4.04. The fraction of sp³-hybridized carbons (Fsp3) is 0.500. The third kappa shape index (κ3) is 2.66. The maximum absolute atomic E-state index is 14.0. The van der Waals surface area contributed by atoms with Gasteiger partial charge in [0, 0.05) is 36.5 Å². The number of amides is 1. The molecule has 0 atom stereocenters. The van der Waals surface area contributed by atoms with Gasteiger partial charge in [0.25, 0.3) is 0 Å². The molecule has 3 aliphatic carbocycles. The van der Waals surface area contributed by atoms with E-state index >= 15 is 0 Å². The highest BCUT2D eigenvalue weighted by Gasteiger charge is 2.57. The standard InChI is InChI=1S/C24H28N2O3/c1-25-14-7-18-16-26(19-6-4-3-5-17(19)15-20(18)25)21(27)23-8-11-24(12-9-23,13-10-23)22(28)29-2/h3-7,14H,8-13,15-16H2,1-2H3. The first-order valence-corrected chi connectivity index (χ1v) is 10.6. The van der Waals surface area contributed by atoms with E-state index in [9.17, 15) is 9.59 Å². The molecule has 0 spiro atoms. The van der Waals surface area contributed by atoms with Gasteiger partial charge in [-0.1, -0.05) is 18.2 Å². The Morgan fingerprint density at radius 2 is 1.59 bits per heavy atom. The number of benzene rings is 1. The van der Waals surface area contributed by atoms with Crippen LogP contribution in [-0.2, 0) is 34.3 Å². The van der Waals surface area contributed by atoms with Crippen molar-refractivity contribution in [2.24, 2.45) is 17.9 Å². The van der Waals surface area contributed by atoms with Crippen molar-refractivity contribution in [2.45, 2.75) is 51.5 Å². The lowest BCUT2D eigenvalue weighted by Gasteiger charge is -2.51. The smallest absolute Gasteiger partial charge is 0.311 e. The molecule has 29 heavy (non-hydrogen) atoms. The second kappa shape index (κ2) is 6.48. The zero-order chi connectivity index (χ0) is 20.2. The van der Waals surface area contributed by atoms with Crippen molar-refractivity contribution < 1.29 is 14.3 Å². The Kier molecular flexibility index (Phi) is 4.12. The Morgan fingerprint density at radius 3 is 2.28 bits per heavy atom. The Bertz CT molecular complexity index is 965. The molecule has 6 rings (SSSR count). The molecule has 3 fully saturated rings. The topological polar surface area (TPSA) is 51.5 Å². The number of aryl methyl sites for hydroxylation is 1. The number of rotatable bonds is 2. The molecule has 0 saturated heterocycles. The quantitative estimate of drug-likeness (QED) is 0.727. The van der Waals surface area contributed by atoms with Crippen molar-refractivity contribution in [2.75, 3.05) is 12.0 Å². The molecule has 1 amide bonds. The summed E-state index contributed by atoms with van der Waals surface area (Å²) in [6, 6.07) is 10.4. The number of esters is 1. The minimum Gasteiger partial charge on any atom is -0.469 e. The molecule has 4 aliphatic rings. The molecule has 2 heterocycles. The summed E-state index contributed by atoms with van der Waals surface area (Å²) in [6.07, 6.45) is 7.55. The predicted molar refractivity (Wildman–Crippen MR) is 110 cm³/mol. The molecule has 5 nitrogen and oxygen atoms in total. The first-order valence-electron chi connectivity index (χ1n) is 10.6. The van der Waals surface area contributed by atoms with Crippen LogP contribution in [0.1, 0.15) is 55.3 Å². The fourth-order valence-corrected chi connectivity index (χ4v) is 5.85. The van der Waals surface area contributed by atoms with Gasteiger partial charge in [-0.15, -0.1) is 0 Å². The number of carbonyl (C=O) groups is 2. The molecule has 2 aromatic rings. The minimum absolute atomic E-state index is 0.0905. The lowest BCUT2D eigenvalue weighted by atomic mass is 9.53. The van der Waals surface area contributed by atoms with E-state index in [2.05, 4.69) is 42.1 Å². The zero-order valence-electron chi connectivity index (χ0n) is 17.2. The second-order valence-corrected chi connectivity index (χ2v) is 9.15. The molecule has 5 heteroatoms. The molecule has 1 aromatic carbocycles. The molecule has 0 N–H and O–H groups in total. The third-order valence-electron chi connectivity index (χ3n) is 7.83. The van der Waals surface area contributed by atoms with E-state index in [-0.39, 0.29) is 22.7 Å². The number of para-hydroxylation sites is 1. The average Bonchev–Trinajstić information content (AvgIpc) is 3.02. The summed E-state index contributed by atoms with van der Waals surface area (Å²) in [5.74, 6) is 0.145. The highest BCUT2D eigenvalue weighted by molar-refractivity contribution is 5.99. The first kappa shape index (κ1) is 18.5. The number of ether oxygens (including phenoxy) is 1. The van der Waals surface area contributed by atoms with Gasteiger partial charge in [-0.3, -0.25) is 9.59 Å². The number of nitrogens with zero attached hydrogens (tertiary/aromatic N) is 2. The Hall–Kier alpha value is -2.56. The Morgan fingerprint density at radius 1 is 0.931 bits per heavy atom. The normalized spacial score (nSPS) is 27.7. The Labute approximate surface area is 171 Å². The summed E-state index contributed by atoms with van der Waals surface area (Å²) < 4.78 is 7.26. The number of carbonyl (C=O) groups excluding carboxylic acids is 2. The molecule has 1 aromatic heterocycles. The van der Waals surface area contributed by atoms with Crippen molar-refractivity contribution in [3.63, 3.8) is 0 Å². The van der Waals surface area contributed by atoms with Crippen molar-refractivity contribution in [3.8, 4) is 0 Å². The largest absolute Gasteiger partial charge is 0.469 e. The van der Waals surface area contributed by atoms with Crippen LogP contribution in [0.15, 0.2) is 36.5 Å². The van der Waals surface area contributed by atoms with Gasteiger partial charge in [0.2, 0.25) is 5.91 Å². The lowest BCUT2D eigenvalue weighted by molar-refractivity contribution is -0.165. The molecule has 1 aliphatic heterocycles. The minimum atomic E-state index is -0.361. The highest BCUT2D eigenvalue weighted by Crippen LogP contribution is 2.58. The van der Waals surface area contributed by atoms with Crippen LogP contribution in [0.25, 0.3) is 0 Å². The van der Waals surface area contributed by atoms with Gasteiger partial charge < -0.3 is 14.2 Å². The number of hydrogen-bond donors (Lipinski definition) is 0. The van der Waals surface area contributed by atoms with Crippen LogP contribution in [0.2, 0.25) is 0 Å². The molecule has 0 radical (unpaired) electrons. The van der Waals surface area contributed by atoms with Crippen LogP contribution in [0.4, 0.5) is 5.69 Å². The van der Waals surface area contributed by atoms with Crippen LogP contribution >= 0.6 is 0 Å². The SMILES string of the molecule is COC(=O)C12CCC(C(=O)N3Cc4ccn(C)c4Cc4ccccc43)(CC1)CC2. The maximum Gasteiger partial charge on any atom is 0.311 e. The van der Waals surface area contributed by atoms with Crippen molar-refractivity contribution in [1.29, 1.82) is 0 Å².